The normalized spacial score (nSPS) is 28.9. The van der Waals surface area contributed by atoms with Crippen molar-refractivity contribution in [2.45, 2.75) is 116 Å². The maximum absolute atomic E-state index is 14.0. The van der Waals surface area contributed by atoms with Gasteiger partial charge in [0.05, 0.1) is 12.1 Å². The summed E-state index contributed by atoms with van der Waals surface area (Å²) in [5.74, 6) is -1.18. The Morgan fingerprint density at radius 2 is 1.17 bits per heavy atom. The Hall–Kier alpha value is -4.70. The van der Waals surface area contributed by atoms with Gasteiger partial charge in [-0.05, 0) is 44.6 Å². The van der Waals surface area contributed by atoms with Crippen molar-refractivity contribution in [1.29, 1.82) is 0 Å². The predicted octanol–water partition coefficient (Wildman–Crippen LogP) is 4.55. The molecule has 4 unspecified atom stereocenters. The Labute approximate surface area is 323 Å². The van der Waals surface area contributed by atoms with Crippen LogP contribution in [0.15, 0.2) is 51.1 Å². The number of benzene rings is 1. The Morgan fingerprint density at radius 3 is 1.69 bits per heavy atom. The first-order valence-corrected chi connectivity index (χ1v) is 20.3. The van der Waals surface area contributed by atoms with Crippen LogP contribution in [0.3, 0.4) is 0 Å². The van der Waals surface area contributed by atoms with Gasteiger partial charge in [0.2, 0.25) is 23.6 Å². The second-order valence-electron chi connectivity index (χ2n) is 14.3. The van der Waals surface area contributed by atoms with Crippen LogP contribution in [-0.4, -0.2) is 81.8 Å². The number of nitrogens with zero attached hydrogens (tertiary/aromatic N) is 4. The average Bonchev–Trinajstić information content (AvgIpc) is 3.98. The van der Waals surface area contributed by atoms with E-state index in [-0.39, 0.29) is 46.8 Å². The van der Waals surface area contributed by atoms with E-state index in [1.165, 1.54) is 22.7 Å². The summed E-state index contributed by atoms with van der Waals surface area (Å²) >= 11 is 2.53. The zero-order valence-corrected chi connectivity index (χ0v) is 33.1. The highest BCUT2D eigenvalue weighted by atomic mass is 32.1. The minimum absolute atomic E-state index is 0.0803. The SMILES string of the molecule is CCC(C)[C@@H]1NC(=O)c2csc(n2)C(Cc2ccccc2)NC(=O)[C@H]2N=C(O[C@@H]2C)[C@H](C(C)CC)NC(=O)c2csc(n2)C(C)NC(=O)[C@H]2N=C1O[C@@H]2C. The molecular formula is C38H48N8O6S2. The summed E-state index contributed by atoms with van der Waals surface area (Å²) in [6.45, 7) is 13.3. The summed E-state index contributed by atoms with van der Waals surface area (Å²) in [6.07, 6.45) is 0.630. The largest absolute Gasteiger partial charge is 0.474 e. The van der Waals surface area contributed by atoms with E-state index in [1.54, 1.807) is 31.5 Å². The van der Waals surface area contributed by atoms with Crippen molar-refractivity contribution in [3.8, 4) is 0 Å². The van der Waals surface area contributed by atoms with E-state index in [0.29, 0.717) is 29.3 Å². The molecule has 14 nitrogen and oxygen atoms in total. The van der Waals surface area contributed by atoms with Crippen molar-refractivity contribution in [2.75, 3.05) is 0 Å². The fraction of sp³-hybridized carbons (Fsp3) is 0.526. The number of rotatable bonds is 6. The number of aromatic nitrogens is 2. The van der Waals surface area contributed by atoms with Crippen LogP contribution in [0, 0.1) is 11.8 Å². The molecule has 0 aliphatic carbocycles. The zero-order valence-electron chi connectivity index (χ0n) is 31.5. The standard InChI is InChI=1S/C38H48N8O6S2/c1-8-18(3)27-35-45-29(21(6)51-35)33(49)39-20(5)37-41-25(16-53-37)31(47)43-28(19(4)9-2)36-46-30(22(7)52-36)34(50)40-24(15-23-13-11-10-12-14-23)38-42-26(17-54-38)32(48)44-27/h10-14,16-22,24,27-30H,8-9,15H2,1-7H3,(H,39,49)(H,40,50)(H,43,47)(H,44,48)/t18?,19?,20?,21-,22-,24?,27+,28+,29+,30+/m1/s1. The van der Waals surface area contributed by atoms with Gasteiger partial charge in [0.25, 0.3) is 11.8 Å². The number of thiazole rings is 2. The molecule has 4 amide bonds. The zero-order chi connectivity index (χ0) is 38.7. The number of ether oxygens (including phenoxy) is 2. The molecule has 54 heavy (non-hydrogen) atoms. The lowest BCUT2D eigenvalue weighted by Crippen LogP contribution is -2.45. The summed E-state index contributed by atoms with van der Waals surface area (Å²) in [6, 6.07) is 5.62. The van der Waals surface area contributed by atoms with E-state index in [1.807, 2.05) is 58.0 Å². The van der Waals surface area contributed by atoms with Gasteiger partial charge >= 0.3 is 0 Å². The lowest BCUT2D eigenvalue weighted by atomic mass is 9.98. The Morgan fingerprint density at radius 1 is 0.685 bits per heavy atom. The van der Waals surface area contributed by atoms with E-state index in [9.17, 15) is 19.2 Å². The Balaban J connectivity index is 1.38. The molecule has 4 N–H and O–H groups in total. The lowest BCUT2D eigenvalue weighted by molar-refractivity contribution is -0.125. The predicted molar refractivity (Wildman–Crippen MR) is 207 cm³/mol. The summed E-state index contributed by atoms with van der Waals surface area (Å²) in [5, 5.41) is 16.6. The summed E-state index contributed by atoms with van der Waals surface area (Å²) in [7, 11) is 0. The number of aliphatic imine (C=N–C) groups is 2. The quantitative estimate of drug-likeness (QED) is 0.281. The number of carbonyl (C=O) groups excluding carboxylic acids is 4. The highest BCUT2D eigenvalue weighted by Crippen LogP contribution is 2.28. The van der Waals surface area contributed by atoms with Crippen molar-refractivity contribution >= 4 is 58.1 Å². The molecule has 6 rings (SSSR count). The third kappa shape index (κ3) is 8.49. The summed E-state index contributed by atoms with van der Waals surface area (Å²) in [4.78, 5) is 73.7. The molecule has 16 heteroatoms. The van der Waals surface area contributed by atoms with Crippen molar-refractivity contribution < 1.29 is 28.7 Å². The molecule has 0 fully saturated rings. The Bertz CT molecular complexity index is 1910. The number of carbonyl (C=O) groups is 4. The topological polar surface area (TPSA) is 185 Å². The maximum Gasteiger partial charge on any atom is 0.271 e. The number of hydrogen-bond acceptors (Lipinski definition) is 12. The number of fused-ring (bicyclic) bond motifs is 6. The smallest absolute Gasteiger partial charge is 0.271 e. The molecule has 2 aromatic heterocycles. The van der Waals surface area contributed by atoms with Crippen molar-refractivity contribution in [2.24, 2.45) is 21.8 Å². The molecule has 0 spiro atoms. The van der Waals surface area contributed by atoms with Crippen LogP contribution in [0.1, 0.15) is 110 Å². The van der Waals surface area contributed by atoms with E-state index in [2.05, 4.69) is 31.2 Å². The van der Waals surface area contributed by atoms with E-state index >= 15 is 0 Å². The van der Waals surface area contributed by atoms with Gasteiger partial charge in [-0.2, -0.15) is 0 Å². The second-order valence-corrected chi connectivity index (χ2v) is 16.0. The van der Waals surface area contributed by atoms with Crippen LogP contribution in [0.2, 0.25) is 0 Å². The van der Waals surface area contributed by atoms with Crippen LogP contribution in [0.5, 0.6) is 0 Å². The molecule has 288 valence electrons. The van der Waals surface area contributed by atoms with Crippen LogP contribution in [0.4, 0.5) is 0 Å². The van der Waals surface area contributed by atoms with Gasteiger partial charge < -0.3 is 30.7 Å². The van der Waals surface area contributed by atoms with E-state index in [4.69, 9.17) is 19.5 Å². The van der Waals surface area contributed by atoms with Gasteiger partial charge in [-0.25, -0.2) is 20.0 Å². The van der Waals surface area contributed by atoms with Gasteiger partial charge in [-0.1, -0.05) is 70.9 Å². The second kappa shape index (κ2) is 16.8. The average molecular weight is 777 g/mol. The van der Waals surface area contributed by atoms with Crippen molar-refractivity contribution in [1.82, 2.24) is 31.2 Å². The van der Waals surface area contributed by atoms with Crippen LogP contribution >= 0.6 is 22.7 Å². The first kappa shape index (κ1) is 39.0. The van der Waals surface area contributed by atoms with Crippen molar-refractivity contribution in [3.63, 3.8) is 0 Å². The third-order valence-electron chi connectivity index (χ3n) is 10.2. The molecule has 3 aliphatic heterocycles. The molecule has 1 aromatic carbocycles. The molecule has 3 aromatic rings. The van der Waals surface area contributed by atoms with E-state index in [0.717, 1.165) is 5.56 Å². The van der Waals surface area contributed by atoms with Gasteiger partial charge in [0.15, 0.2) is 12.1 Å². The van der Waals surface area contributed by atoms with Crippen LogP contribution < -0.4 is 21.3 Å². The van der Waals surface area contributed by atoms with Crippen LogP contribution in [-0.2, 0) is 25.5 Å². The summed E-state index contributed by atoms with van der Waals surface area (Å²) < 4.78 is 12.3. The highest BCUT2D eigenvalue weighted by Gasteiger charge is 2.41. The van der Waals surface area contributed by atoms with E-state index < -0.39 is 60.3 Å². The Kier molecular flexibility index (Phi) is 12.1. The van der Waals surface area contributed by atoms with Crippen LogP contribution in [0.25, 0.3) is 0 Å². The van der Waals surface area contributed by atoms with Gasteiger partial charge in [0, 0.05) is 10.8 Å². The fourth-order valence-electron chi connectivity index (χ4n) is 6.51. The first-order valence-electron chi connectivity index (χ1n) is 18.5. The minimum atomic E-state index is -0.889. The molecule has 0 radical (unpaired) electrons. The third-order valence-corrected chi connectivity index (χ3v) is 12.2. The summed E-state index contributed by atoms with van der Waals surface area (Å²) in [5.41, 5.74) is 1.35. The first-order chi connectivity index (χ1) is 25.9. The molecule has 3 aliphatic rings. The molecule has 5 heterocycles. The maximum atomic E-state index is 14.0. The number of nitrogens with one attached hydrogen (secondary N) is 4. The molecule has 0 saturated heterocycles. The number of amides is 4. The molecular weight excluding hydrogens is 729 g/mol. The highest BCUT2D eigenvalue weighted by molar-refractivity contribution is 7.10. The minimum Gasteiger partial charge on any atom is -0.474 e. The number of hydrogen-bond donors (Lipinski definition) is 4. The lowest BCUT2D eigenvalue weighted by Gasteiger charge is -2.24. The monoisotopic (exact) mass is 776 g/mol. The molecule has 0 saturated carbocycles. The molecule has 8 bridgehead atoms. The molecule has 10 atom stereocenters. The van der Waals surface area contributed by atoms with Gasteiger partial charge in [-0.15, -0.1) is 22.7 Å². The van der Waals surface area contributed by atoms with Crippen molar-refractivity contribution in [3.05, 3.63) is 68.1 Å². The fourth-order valence-corrected chi connectivity index (χ4v) is 8.17. The van der Waals surface area contributed by atoms with Gasteiger partial charge in [0.1, 0.15) is 45.7 Å². The van der Waals surface area contributed by atoms with Gasteiger partial charge in [-0.3, -0.25) is 19.2 Å².